The Hall–Kier alpha value is -4.08. The molecule has 0 amide bonds. The molecule has 5 aromatic carbocycles. The maximum absolute atomic E-state index is 2.69. The van der Waals surface area contributed by atoms with Gasteiger partial charge in [0.2, 0.25) is 6.71 Å². The van der Waals surface area contributed by atoms with E-state index in [2.05, 4.69) is 199 Å². The Morgan fingerprint density at radius 1 is 0.525 bits per heavy atom. The molecule has 1 aromatic heterocycles. The zero-order valence-electron chi connectivity index (χ0n) is 38.5. The van der Waals surface area contributed by atoms with Gasteiger partial charge in [0.1, 0.15) is 0 Å². The number of hydrogen-bond donors (Lipinski definition) is 0. The Morgan fingerprint density at radius 3 is 1.68 bits per heavy atom. The molecule has 6 aromatic rings. The summed E-state index contributed by atoms with van der Waals surface area (Å²) < 4.78 is 1.41. The number of hydrogen-bond acceptors (Lipinski definition) is 2. The van der Waals surface area contributed by atoms with Crippen molar-refractivity contribution < 1.29 is 0 Å². The highest BCUT2D eigenvalue weighted by Gasteiger charge is 2.44. The van der Waals surface area contributed by atoms with Crippen molar-refractivity contribution in [3.05, 3.63) is 130 Å². The number of thiophene rings is 1. The summed E-state index contributed by atoms with van der Waals surface area (Å²) in [6, 6.07) is 38.9. The number of fused-ring (bicyclic) bond motifs is 6. The van der Waals surface area contributed by atoms with E-state index < -0.39 is 0 Å². The van der Waals surface area contributed by atoms with Crippen molar-refractivity contribution >= 4 is 60.9 Å². The summed E-state index contributed by atoms with van der Waals surface area (Å²) in [6.45, 7) is 33.9. The zero-order chi connectivity index (χ0) is 42.2. The van der Waals surface area contributed by atoms with E-state index in [4.69, 9.17) is 0 Å². The van der Waals surface area contributed by atoms with E-state index in [-0.39, 0.29) is 39.2 Å². The van der Waals surface area contributed by atoms with Crippen LogP contribution in [0.5, 0.6) is 0 Å². The van der Waals surface area contributed by atoms with E-state index in [0.717, 1.165) is 0 Å². The fourth-order valence-electron chi connectivity index (χ4n) is 10.7. The average Bonchev–Trinajstić information content (AvgIpc) is 3.54. The minimum absolute atomic E-state index is 0.00731. The lowest BCUT2D eigenvalue weighted by Gasteiger charge is -2.43. The van der Waals surface area contributed by atoms with Gasteiger partial charge in [-0.1, -0.05) is 169 Å². The second kappa shape index (κ2) is 13.2. The maximum atomic E-state index is 2.69. The molecule has 3 heteroatoms. The Bertz CT molecular complexity index is 2640. The van der Waals surface area contributed by atoms with Gasteiger partial charge < -0.3 is 4.90 Å². The van der Waals surface area contributed by atoms with Crippen molar-refractivity contribution in [2.24, 2.45) is 0 Å². The van der Waals surface area contributed by atoms with Crippen LogP contribution in [0.3, 0.4) is 0 Å². The summed E-state index contributed by atoms with van der Waals surface area (Å²) in [6.07, 6.45) is 4.84. The highest BCUT2D eigenvalue weighted by molar-refractivity contribution is 7.26. The predicted molar refractivity (Wildman–Crippen MR) is 261 cm³/mol. The smallest absolute Gasteiger partial charge is 0.248 e. The largest absolute Gasteiger partial charge is 0.302 e. The first-order valence-electron chi connectivity index (χ1n) is 22.4. The summed E-state index contributed by atoms with van der Waals surface area (Å²) in [5.41, 5.74) is 18.8. The number of benzene rings is 5. The van der Waals surface area contributed by atoms with Crippen LogP contribution in [-0.2, 0) is 32.5 Å². The van der Waals surface area contributed by atoms with Crippen LogP contribution in [0.2, 0.25) is 0 Å². The number of rotatable bonds is 3. The first-order valence-corrected chi connectivity index (χ1v) is 23.2. The molecule has 9 rings (SSSR count). The molecular formula is C56H66BNS. The van der Waals surface area contributed by atoms with E-state index in [9.17, 15) is 0 Å². The molecule has 1 aliphatic heterocycles. The molecule has 0 bridgehead atoms. The normalized spacial score (nSPS) is 18.9. The highest BCUT2D eigenvalue weighted by atomic mass is 32.1. The highest BCUT2D eigenvalue weighted by Crippen LogP contribution is 2.52. The molecule has 0 saturated heterocycles. The van der Waals surface area contributed by atoms with Gasteiger partial charge in [0.25, 0.3) is 0 Å². The minimum Gasteiger partial charge on any atom is -0.302 e. The molecular weight excluding hydrogens is 730 g/mol. The molecule has 0 N–H and O–H groups in total. The predicted octanol–water partition coefficient (Wildman–Crippen LogP) is 14.2. The van der Waals surface area contributed by atoms with Gasteiger partial charge in [-0.15, -0.1) is 11.3 Å². The van der Waals surface area contributed by atoms with Crippen LogP contribution < -0.4 is 21.3 Å². The fourth-order valence-corrected chi connectivity index (χ4v) is 12.0. The maximum Gasteiger partial charge on any atom is 0.248 e. The van der Waals surface area contributed by atoms with Gasteiger partial charge >= 0.3 is 0 Å². The van der Waals surface area contributed by atoms with Crippen molar-refractivity contribution in [2.75, 3.05) is 4.90 Å². The molecule has 0 radical (unpaired) electrons. The fraction of sp³-hybridized carbons (Fsp3) is 0.429. The number of anilines is 3. The second-order valence-electron chi connectivity index (χ2n) is 23.2. The van der Waals surface area contributed by atoms with Crippen LogP contribution in [0.25, 0.3) is 21.2 Å². The molecule has 2 aliphatic carbocycles. The van der Waals surface area contributed by atoms with Gasteiger partial charge in [-0.25, -0.2) is 0 Å². The van der Waals surface area contributed by atoms with Crippen LogP contribution >= 0.6 is 11.3 Å². The molecule has 2 heterocycles. The van der Waals surface area contributed by atoms with Crippen molar-refractivity contribution in [3.8, 4) is 11.1 Å². The zero-order valence-corrected chi connectivity index (χ0v) is 39.3. The Morgan fingerprint density at radius 2 is 1.07 bits per heavy atom. The average molecular weight is 796 g/mol. The Kier molecular flexibility index (Phi) is 9.03. The quantitative estimate of drug-likeness (QED) is 0.161. The van der Waals surface area contributed by atoms with Crippen LogP contribution in [0.4, 0.5) is 16.4 Å². The van der Waals surface area contributed by atoms with Crippen molar-refractivity contribution in [2.45, 2.75) is 155 Å². The SMILES string of the molecule is CC(C)(C)c1ccc(N2c3cc(C(C)(C)C)ccc3B(c3ccc4c(c3)C(C)(C)CCC4(C)C)c3c2sc2cc4c(cc32)C(C)(C)CCC4(C)C)c(-c2ccccc2)c1. The first-order chi connectivity index (χ1) is 27.5. The lowest BCUT2D eigenvalue weighted by Crippen LogP contribution is -2.57. The van der Waals surface area contributed by atoms with E-state index in [1.54, 1.807) is 0 Å². The molecule has 304 valence electrons. The van der Waals surface area contributed by atoms with Gasteiger partial charge in [-0.3, -0.25) is 0 Å². The van der Waals surface area contributed by atoms with Crippen LogP contribution in [0.15, 0.2) is 97.1 Å². The van der Waals surface area contributed by atoms with Crippen molar-refractivity contribution in [1.29, 1.82) is 0 Å². The Balaban J connectivity index is 1.42. The third-order valence-corrected chi connectivity index (χ3v) is 16.2. The molecule has 0 spiro atoms. The van der Waals surface area contributed by atoms with Gasteiger partial charge in [0.05, 0.1) is 10.7 Å². The Labute approximate surface area is 360 Å². The molecule has 0 atom stereocenters. The third kappa shape index (κ3) is 6.56. The van der Waals surface area contributed by atoms with Gasteiger partial charge in [0.15, 0.2) is 0 Å². The molecule has 0 fully saturated rings. The molecule has 59 heavy (non-hydrogen) atoms. The molecule has 0 saturated carbocycles. The summed E-state index contributed by atoms with van der Waals surface area (Å²) >= 11 is 2.02. The molecule has 0 unspecified atom stereocenters. The summed E-state index contributed by atoms with van der Waals surface area (Å²) in [4.78, 5) is 2.69. The van der Waals surface area contributed by atoms with Crippen LogP contribution in [-0.4, -0.2) is 6.71 Å². The topological polar surface area (TPSA) is 3.24 Å². The second-order valence-corrected chi connectivity index (χ2v) is 24.2. The first kappa shape index (κ1) is 40.3. The molecule has 1 nitrogen and oxygen atoms in total. The van der Waals surface area contributed by atoms with E-state index in [1.165, 1.54) is 113 Å². The van der Waals surface area contributed by atoms with E-state index in [1.807, 2.05) is 11.3 Å². The van der Waals surface area contributed by atoms with Crippen molar-refractivity contribution in [3.63, 3.8) is 0 Å². The summed E-state index contributed by atoms with van der Waals surface area (Å²) in [5.74, 6) is 0. The standard InChI is InChI=1S/C56H66BNS/c1-51(2,3)36-21-25-46(39(30-36)35-18-16-15-17-19-35)58-47-31-37(52(4,5)6)20-24-45(47)57(38-22-23-41-42(32-38)54(9,10)27-26-53(41,7)8)49-40-33-43-44(34-48(40)59-50(49)58)56(13,14)29-28-55(43,11)12/h15-25,30-34H,26-29H2,1-14H3. The van der Waals surface area contributed by atoms with Crippen molar-refractivity contribution in [1.82, 2.24) is 0 Å². The summed E-state index contributed by atoms with van der Waals surface area (Å²) in [5, 5.41) is 2.79. The minimum atomic E-state index is -0.00731. The monoisotopic (exact) mass is 796 g/mol. The van der Waals surface area contributed by atoms with E-state index >= 15 is 0 Å². The van der Waals surface area contributed by atoms with Crippen LogP contribution in [0, 0.1) is 0 Å². The van der Waals surface area contributed by atoms with Gasteiger partial charge in [0, 0.05) is 16.0 Å². The van der Waals surface area contributed by atoms with E-state index in [0.29, 0.717) is 0 Å². The van der Waals surface area contributed by atoms with Gasteiger partial charge in [-0.2, -0.15) is 0 Å². The molecule has 3 aliphatic rings. The third-order valence-electron chi connectivity index (χ3n) is 15.0. The lowest BCUT2D eigenvalue weighted by molar-refractivity contribution is 0.332. The van der Waals surface area contributed by atoms with Crippen LogP contribution in [0.1, 0.15) is 156 Å². The number of nitrogens with zero attached hydrogens (tertiary/aromatic N) is 1. The lowest BCUT2D eigenvalue weighted by atomic mass is 9.35. The van der Waals surface area contributed by atoms with Gasteiger partial charge in [-0.05, 0) is 144 Å². The summed E-state index contributed by atoms with van der Waals surface area (Å²) in [7, 11) is 0.